The lowest BCUT2D eigenvalue weighted by molar-refractivity contribution is 0.458. The van der Waals surface area contributed by atoms with Crippen molar-refractivity contribution in [3.63, 3.8) is 0 Å². The molecule has 0 heterocycles. The molecule has 0 aromatic heterocycles. The second-order valence-electron chi connectivity index (χ2n) is 4.26. The molecule has 1 rings (SSSR count). The molecule has 7 heteroatoms. The van der Waals surface area contributed by atoms with E-state index in [0.29, 0.717) is 12.8 Å². The summed E-state index contributed by atoms with van der Waals surface area (Å²) in [5, 5.41) is 7.57. The topological polar surface area (TPSA) is 96.0 Å². The standard InChI is InChI=1S/C12H18FN3O2S/c1-3-12(4-2,11(14)15)16-19(17,18)10-7-5-9(13)6-8-10/h5-8,16H,3-4H2,1-2H3,(H3,14,15). The molecule has 0 aliphatic rings. The van der Waals surface area contributed by atoms with Crippen molar-refractivity contribution in [2.75, 3.05) is 0 Å². The van der Waals surface area contributed by atoms with E-state index in [2.05, 4.69) is 4.72 Å². The van der Waals surface area contributed by atoms with E-state index in [0.717, 1.165) is 12.1 Å². The SMILES string of the molecule is CCC(CC)(NS(=O)(=O)c1ccc(F)cc1)C(=N)N. The number of halogens is 1. The van der Waals surface area contributed by atoms with Gasteiger partial charge in [0.2, 0.25) is 10.0 Å². The summed E-state index contributed by atoms with van der Waals surface area (Å²) in [6, 6.07) is 4.49. The van der Waals surface area contributed by atoms with Gasteiger partial charge in [-0.25, -0.2) is 12.8 Å². The van der Waals surface area contributed by atoms with Gasteiger partial charge in [0.1, 0.15) is 11.7 Å². The van der Waals surface area contributed by atoms with Crippen LogP contribution in [0.1, 0.15) is 26.7 Å². The van der Waals surface area contributed by atoms with Gasteiger partial charge in [0, 0.05) is 0 Å². The number of hydrogen-bond donors (Lipinski definition) is 3. The Bertz CT molecular complexity index is 551. The smallest absolute Gasteiger partial charge is 0.241 e. The molecule has 1 aromatic rings. The Morgan fingerprint density at radius 2 is 1.79 bits per heavy atom. The van der Waals surface area contributed by atoms with Crippen molar-refractivity contribution < 1.29 is 12.8 Å². The molecule has 0 unspecified atom stereocenters. The van der Waals surface area contributed by atoms with E-state index in [1.165, 1.54) is 12.1 Å². The minimum Gasteiger partial charge on any atom is -0.386 e. The number of hydrogen-bond acceptors (Lipinski definition) is 3. The average molecular weight is 287 g/mol. The summed E-state index contributed by atoms with van der Waals surface area (Å²) in [5.74, 6) is -0.744. The van der Waals surface area contributed by atoms with E-state index in [9.17, 15) is 12.8 Å². The molecule has 0 saturated heterocycles. The number of rotatable bonds is 6. The van der Waals surface area contributed by atoms with Crippen LogP contribution in [-0.4, -0.2) is 19.8 Å². The fraction of sp³-hybridized carbons (Fsp3) is 0.417. The molecule has 0 aliphatic heterocycles. The zero-order valence-corrected chi connectivity index (χ0v) is 11.7. The second-order valence-corrected chi connectivity index (χ2v) is 5.94. The molecule has 4 N–H and O–H groups in total. The van der Waals surface area contributed by atoms with Crippen LogP contribution in [0.4, 0.5) is 4.39 Å². The molecular weight excluding hydrogens is 269 g/mol. The predicted octanol–water partition coefficient (Wildman–Crippen LogP) is 1.60. The molecule has 0 fully saturated rings. The van der Waals surface area contributed by atoms with Crippen LogP contribution in [0.2, 0.25) is 0 Å². The van der Waals surface area contributed by atoms with Crippen molar-refractivity contribution in [3.8, 4) is 0 Å². The van der Waals surface area contributed by atoms with E-state index < -0.39 is 21.4 Å². The Morgan fingerprint density at radius 3 is 2.16 bits per heavy atom. The van der Waals surface area contributed by atoms with Gasteiger partial charge < -0.3 is 5.73 Å². The summed E-state index contributed by atoms with van der Waals surface area (Å²) >= 11 is 0. The van der Waals surface area contributed by atoms with Gasteiger partial charge >= 0.3 is 0 Å². The highest BCUT2D eigenvalue weighted by Gasteiger charge is 2.35. The first-order valence-electron chi connectivity index (χ1n) is 5.91. The number of nitrogens with two attached hydrogens (primary N) is 1. The highest BCUT2D eigenvalue weighted by molar-refractivity contribution is 7.89. The van der Waals surface area contributed by atoms with Crippen molar-refractivity contribution in [2.45, 2.75) is 37.1 Å². The van der Waals surface area contributed by atoms with Crippen molar-refractivity contribution in [3.05, 3.63) is 30.1 Å². The van der Waals surface area contributed by atoms with Crippen LogP contribution in [-0.2, 0) is 10.0 Å². The third-order valence-electron chi connectivity index (χ3n) is 3.18. The van der Waals surface area contributed by atoms with Crippen LogP contribution in [0.25, 0.3) is 0 Å². The first-order chi connectivity index (χ1) is 8.77. The van der Waals surface area contributed by atoms with E-state index in [-0.39, 0.29) is 10.7 Å². The highest BCUT2D eigenvalue weighted by Crippen LogP contribution is 2.19. The van der Waals surface area contributed by atoms with Gasteiger partial charge in [-0.05, 0) is 37.1 Å². The summed E-state index contributed by atoms with van der Waals surface area (Å²) in [7, 11) is -3.84. The summed E-state index contributed by atoms with van der Waals surface area (Å²) < 4.78 is 39.6. The van der Waals surface area contributed by atoms with Crippen LogP contribution in [0.5, 0.6) is 0 Å². The van der Waals surface area contributed by atoms with Crippen LogP contribution >= 0.6 is 0 Å². The number of amidine groups is 1. The van der Waals surface area contributed by atoms with Gasteiger partial charge in [0.05, 0.1) is 10.4 Å². The van der Waals surface area contributed by atoms with Crippen molar-refractivity contribution >= 4 is 15.9 Å². The molecule has 0 saturated carbocycles. The lowest BCUT2D eigenvalue weighted by Gasteiger charge is -2.31. The molecule has 0 spiro atoms. The molecule has 0 amide bonds. The van der Waals surface area contributed by atoms with E-state index in [4.69, 9.17) is 11.1 Å². The van der Waals surface area contributed by atoms with Crippen LogP contribution < -0.4 is 10.5 Å². The zero-order chi connectivity index (χ0) is 14.7. The second kappa shape index (κ2) is 5.66. The number of benzene rings is 1. The molecule has 19 heavy (non-hydrogen) atoms. The minimum atomic E-state index is -3.84. The summed E-state index contributed by atoms with van der Waals surface area (Å²) in [4.78, 5) is -0.0542. The number of sulfonamides is 1. The van der Waals surface area contributed by atoms with Gasteiger partial charge in [0.15, 0.2) is 0 Å². The Labute approximate surface area is 112 Å². The monoisotopic (exact) mass is 287 g/mol. The van der Waals surface area contributed by atoms with E-state index in [1.54, 1.807) is 13.8 Å². The molecule has 0 atom stereocenters. The molecular formula is C12H18FN3O2S. The van der Waals surface area contributed by atoms with E-state index >= 15 is 0 Å². The Hall–Kier alpha value is -1.47. The fourth-order valence-electron chi connectivity index (χ4n) is 1.76. The van der Waals surface area contributed by atoms with Crippen molar-refractivity contribution in [1.29, 1.82) is 5.41 Å². The third-order valence-corrected chi connectivity index (χ3v) is 4.73. The maximum Gasteiger partial charge on any atom is 0.241 e. The van der Waals surface area contributed by atoms with Gasteiger partial charge in [-0.2, -0.15) is 4.72 Å². The lowest BCUT2D eigenvalue weighted by atomic mass is 9.93. The molecule has 106 valence electrons. The normalized spacial score (nSPS) is 12.4. The van der Waals surface area contributed by atoms with Crippen LogP contribution in [0.15, 0.2) is 29.2 Å². The molecule has 0 radical (unpaired) electrons. The predicted molar refractivity (Wildman–Crippen MR) is 71.9 cm³/mol. The largest absolute Gasteiger partial charge is 0.386 e. The maximum absolute atomic E-state index is 12.8. The molecule has 0 bridgehead atoms. The maximum atomic E-state index is 12.8. The summed E-state index contributed by atoms with van der Waals surface area (Å²) in [6.45, 7) is 3.50. The fourth-order valence-corrected chi connectivity index (χ4v) is 3.29. The quantitative estimate of drug-likeness (QED) is 0.547. The van der Waals surface area contributed by atoms with Gasteiger partial charge in [-0.1, -0.05) is 13.8 Å². The Kier molecular flexibility index (Phi) is 4.65. The van der Waals surface area contributed by atoms with Crippen molar-refractivity contribution in [2.24, 2.45) is 5.73 Å². The van der Waals surface area contributed by atoms with Gasteiger partial charge in [-0.15, -0.1) is 0 Å². The van der Waals surface area contributed by atoms with Crippen LogP contribution in [0.3, 0.4) is 0 Å². The van der Waals surface area contributed by atoms with Gasteiger partial charge in [0.25, 0.3) is 0 Å². The van der Waals surface area contributed by atoms with E-state index in [1.807, 2.05) is 0 Å². The van der Waals surface area contributed by atoms with Crippen LogP contribution in [0, 0.1) is 11.2 Å². The third kappa shape index (κ3) is 3.30. The Balaban J connectivity index is 3.14. The average Bonchev–Trinajstić information content (AvgIpc) is 2.36. The molecule has 0 aliphatic carbocycles. The first-order valence-corrected chi connectivity index (χ1v) is 7.40. The summed E-state index contributed by atoms with van der Waals surface area (Å²) in [5.41, 5.74) is 4.39. The molecule has 1 aromatic carbocycles. The zero-order valence-electron chi connectivity index (χ0n) is 10.9. The molecule has 5 nitrogen and oxygen atoms in total. The Morgan fingerprint density at radius 1 is 1.32 bits per heavy atom. The minimum absolute atomic E-state index is 0.0542. The number of nitrogens with one attached hydrogen (secondary N) is 2. The highest BCUT2D eigenvalue weighted by atomic mass is 32.2. The first kappa shape index (κ1) is 15.6. The van der Waals surface area contributed by atoms with Gasteiger partial charge in [-0.3, -0.25) is 5.41 Å². The lowest BCUT2D eigenvalue weighted by Crippen LogP contribution is -2.56. The van der Waals surface area contributed by atoms with Crippen molar-refractivity contribution in [1.82, 2.24) is 4.72 Å². The summed E-state index contributed by atoms with van der Waals surface area (Å²) in [6.07, 6.45) is 0.721.